The van der Waals surface area contributed by atoms with Crippen molar-refractivity contribution in [1.29, 1.82) is 0 Å². The van der Waals surface area contributed by atoms with Gasteiger partial charge < -0.3 is 0 Å². The van der Waals surface area contributed by atoms with Gasteiger partial charge in [-0.1, -0.05) is 209 Å². The molecular formula is C40H42P2. The molecule has 0 aliphatic heterocycles. The molecule has 42 heavy (non-hydrogen) atoms. The standard InChI is InChI=1S/2C12H11P.2C8H10/c2*1-3-7-11(8-4-1)13-12-9-5-2-6-10-12;2*1-7-3-5-8(2)6-4-7/h2*1-10,13H;2*3-6H,1-2H3. The molecule has 6 rings (SSSR count). The van der Waals surface area contributed by atoms with Gasteiger partial charge in [0.15, 0.2) is 0 Å². The van der Waals surface area contributed by atoms with Crippen LogP contribution in [0.5, 0.6) is 0 Å². The number of hydrogen-bond donors (Lipinski definition) is 0. The highest BCUT2D eigenvalue weighted by atomic mass is 31.1. The lowest BCUT2D eigenvalue weighted by Crippen LogP contribution is -2.01. The molecule has 6 aromatic rings. The zero-order valence-corrected chi connectivity index (χ0v) is 27.2. The molecule has 0 unspecified atom stereocenters. The first-order chi connectivity index (χ1) is 20.5. The molecule has 0 nitrogen and oxygen atoms in total. The van der Waals surface area contributed by atoms with Gasteiger partial charge in [-0.25, -0.2) is 0 Å². The first-order valence-corrected chi connectivity index (χ1v) is 16.3. The Balaban J connectivity index is 0.000000158. The van der Waals surface area contributed by atoms with Crippen molar-refractivity contribution in [2.45, 2.75) is 27.7 Å². The van der Waals surface area contributed by atoms with Crippen LogP contribution in [-0.4, -0.2) is 0 Å². The van der Waals surface area contributed by atoms with Crippen molar-refractivity contribution in [3.8, 4) is 0 Å². The lowest BCUT2D eigenvalue weighted by atomic mass is 10.2. The van der Waals surface area contributed by atoms with Crippen LogP contribution >= 0.6 is 17.2 Å². The van der Waals surface area contributed by atoms with E-state index in [0.717, 1.165) is 17.2 Å². The maximum absolute atomic E-state index is 2.17. The molecule has 0 aliphatic carbocycles. The molecule has 0 radical (unpaired) electrons. The molecule has 0 atom stereocenters. The average Bonchev–Trinajstić information content (AvgIpc) is 3.03. The van der Waals surface area contributed by atoms with E-state index in [2.05, 4.69) is 198 Å². The topological polar surface area (TPSA) is 0 Å². The van der Waals surface area contributed by atoms with Crippen molar-refractivity contribution in [2.24, 2.45) is 0 Å². The van der Waals surface area contributed by atoms with Crippen LogP contribution in [0.15, 0.2) is 170 Å². The molecule has 0 saturated carbocycles. The fraction of sp³-hybridized carbons (Fsp3) is 0.100. The molecule has 2 heteroatoms. The normalized spacial score (nSPS) is 9.62. The summed E-state index contributed by atoms with van der Waals surface area (Å²) >= 11 is 0. The minimum absolute atomic E-state index is 0.777. The van der Waals surface area contributed by atoms with Crippen LogP contribution in [0.25, 0.3) is 0 Å². The molecule has 0 heterocycles. The SMILES string of the molecule is Cc1ccc(C)cc1.Cc1ccc(C)cc1.c1ccc(Pc2ccccc2)cc1.c1ccc(Pc2ccccc2)cc1. The quantitative estimate of drug-likeness (QED) is 0.181. The summed E-state index contributed by atoms with van der Waals surface area (Å²) in [6.07, 6.45) is 0. The monoisotopic (exact) mass is 584 g/mol. The van der Waals surface area contributed by atoms with E-state index in [4.69, 9.17) is 0 Å². The molecule has 6 aromatic carbocycles. The third-order valence-corrected chi connectivity index (χ3v) is 8.60. The summed E-state index contributed by atoms with van der Waals surface area (Å²) in [5.74, 6) is 0. The van der Waals surface area contributed by atoms with Crippen molar-refractivity contribution in [1.82, 2.24) is 0 Å². The zero-order chi connectivity index (χ0) is 29.8. The summed E-state index contributed by atoms with van der Waals surface area (Å²) in [5, 5.41) is 5.59. The van der Waals surface area contributed by atoms with Gasteiger partial charge in [0.25, 0.3) is 0 Å². The van der Waals surface area contributed by atoms with Gasteiger partial charge in [-0.3, -0.25) is 0 Å². The van der Waals surface area contributed by atoms with Gasteiger partial charge in [-0.15, -0.1) is 0 Å². The second-order valence-corrected chi connectivity index (χ2v) is 12.8. The minimum atomic E-state index is 0.777. The second-order valence-electron chi connectivity index (χ2n) is 10.0. The number of aryl methyl sites for hydroxylation is 4. The van der Waals surface area contributed by atoms with Crippen molar-refractivity contribution in [3.63, 3.8) is 0 Å². The minimum Gasteiger partial charge on any atom is -0.0622 e. The summed E-state index contributed by atoms with van der Waals surface area (Å²) in [5.41, 5.74) is 5.32. The Morgan fingerprint density at radius 3 is 0.571 bits per heavy atom. The van der Waals surface area contributed by atoms with Gasteiger partial charge in [0.05, 0.1) is 0 Å². The second kappa shape index (κ2) is 19.3. The summed E-state index contributed by atoms with van der Waals surface area (Å²) in [6.45, 7) is 8.39. The van der Waals surface area contributed by atoms with Gasteiger partial charge in [0.2, 0.25) is 0 Å². The van der Waals surface area contributed by atoms with E-state index in [9.17, 15) is 0 Å². The lowest BCUT2D eigenvalue weighted by Gasteiger charge is -2.00. The third-order valence-electron chi connectivity index (χ3n) is 6.11. The van der Waals surface area contributed by atoms with E-state index >= 15 is 0 Å². The van der Waals surface area contributed by atoms with E-state index in [1.54, 1.807) is 0 Å². The van der Waals surface area contributed by atoms with Crippen LogP contribution in [0.2, 0.25) is 0 Å². The van der Waals surface area contributed by atoms with Crippen molar-refractivity contribution >= 4 is 38.4 Å². The molecule has 0 saturated heterocycles. The van der Waals surface area contributed by atoms with Gasteiger partial charge in [0.1, 0.15) is 0 Å². The Hall–Kier alpha value is -3.82. The highest BCUT2D eigenvalue weighted by Crippen LogP contribution is 2.10. The molecule has 212 valence electrons. The van der Waals surface area contributed by atoms with Crippen molar-refractivity contribution < 1.29 is 0 Å². The van der Waals surface area contributed by atoms with Crippen molar-refractivity contribution in [2.75, 3.05) is 0 Å². The molecular weight excluding hydrogens is 542 g/mol. The van der Waals surface area contributed by atoms with Crippen LogP contribution in [0.4, 0.5) is 0 Å². The maximum atomic E-state index is 2.17. The van der Waals surface area contributed by atoms with Gasteiger partial charge >= 0.3 is 0 Å². The number of rotatable bonds is 4. The highest BCUT2D eigenvalue weighted by molar-refractivity contribution is 7.55. The van der Waals surface area contributed by atoms with Crippen LogP contribution in [-0.2, 0) is 0 Å². The summed E-state index contributed by atoms with van der Waals surface area (Å²) in [6, 6.07) is 59.3. The smallest absolute Gasteiger partial charge is 0.0226 e. The van der Waals surface area contributed by atoms with Crippen molar-refractivity contribution in [3.05, 3.63) is 192 Å². The molecule has 0 bridgehead atoms. The van der Waals surface area contributed by atoms with E-state index < -0.39 is 0 Å². The van der Waals surface area contributed by atoms with E-state index in [-0.39, 0.29) is 0 Å². The molecule has 0 fully saturated rings. The highest BCUT2D eigenvalue weighted by Gasteiger charge is 1.93. The van der Waals surface area contributed by atoms with Gasteiger partial charge in [0, 0.05) is 0 Å². The Morgan fingerprint density at radius 1 is 0.238 bits per heavy atom. The number of benzene rings is 6. The largest absolute Gasteiger partial charge is 0.0622 e. The third kappa shape index (κ3) is 14.2. The summed E-state index contributed by atoms with van der Waals surface area (Å²) in [4.78, 5) is 0. The molecule has 0 N–H and O–H groups in total. The summed E-state index contributed by atoms with van der Waals surface area (Å²) < 4.78 is 0. The zero-order valence-electron chi connectivity index (χ0n) is 25.2. The van der Waals surface area contributed by atoms with Crippen LogP contribution < -0.4 is 21.2 Å². The first-order valence-electron chi connectivity index (χ1n) is 14.3. The summed E-state index contributed by atoms with van der Waals surface area (Å²) in [7, 11) is 1.55. The lowest BCUT2D eigenvalue weighted by molar-refractivity contribution is 1.40. The predicted octanol–water partition coefficient (Wildman–Crippen LogP) is 9.24. The first kappa shape index (κ1) is 32.7. The molecule has 0 amide bonds. The predicted molar refractivity (Wildman–Crippen MR) is 193 cm³/mol. The Kier molecular flexibility index (Phi) is 15.0. The number of hydrogen-bond acceptors (Lipinski definition) is 0. The molecule has 0 spiro atoms. The fourth-order valence-electron chi connectivity index (χ4n) is 3.69. The van der Waals surface area contributed by atoms with E-state index in [1.807, 2.05) is 0 Å². The molecule has 0 aliphatic rings. The van der Waals surface area contributed by atoms with Gasteiger partial charge in [-0.05, 0) is 48.9 Å². The van der Waals surface area contributed by atoms with E-state index in [0.29, 0.717) is 0 Å². The fourth-order valence-corrected chi connectivity index (χ4v) is 5.80. The Labute approximate surface area is 257 Å². The Bertz CT molecular complexity index is 1260. The maximum Gasteiger partial charge on any atom is -0.0226 e. The Morgan fingerprint density at radius 2 is 0.405 bits per heavy atom. The molecule has 0 aromatic heterocycles. The van der Waals surface area contributed by atoms with Crippen LogP contribution in [0.3, 0.4) is 0 Å². The van der Waals surface area contributed by atoms with E-state index in [1.165, 1.54) is 43.5 Å². The van der Waals surface area contributed by atoms with Gasteiger partial charge in [-0.2, -0.15) is 0 Å². The average molecular weight is 585 g/mol. The van der Waals surface area contributed by atoms with Crippen LogP contribution in [0, 0.1) is 27.7 Å². The van der Waals surface area contributed by atoms with Crippen LogP contribution in [0.1, 0.15) is 22.3 Å².